The maximum atomic E-state index is 13.0. The molecule has 0 spiro atoms. The summed E-state index contributed by atoms with van der Waals surface area (Å²) in [6, 6.07) is 0.382. The predicted octanol–water partition coefficient (Wildman–Crippen LogP) is 3.63. The Labute approximate surface area is 199 Å². The number of nitrogens with one attached hydrogen (secondary N) is 2. The Morgan fingerprint density at radius 3 is 2.26 bits per heavy atom. The van der Waals surface area contributed by atoms with E-state index in [-0.39, 0.29) is 30.3 Å². The number of hydrogen-bond acceptors (Lipinski definition) is 6. The second kappa shape index (κ2) is 11.8. The van der Waals surface area contributed by atoms with Gasteiger partial charge in [-0.3, -0.25) is 9.59 Å². The topological polar surface area (TPSA) is 91.4 Å². The summed E-state index contributed by atoms with van der Waals surface area (Å²) >= 11 is 1.22. The van der Waals surface area contributed by atoms with E-state index in [1.54, 1.807) is 0 Å². The maximum Gasteiger partial charge on any atom is 0.416 e. The van der Waals surface area contributed by atoms with E-state index in [2.05, 4.69) is 15.6 Å². The number of hydrogen-bond donors (Lipinski definition) is 2. The first-order valence-corrected chi connectivity index (χ1v) is 10.8. The third-order valence-corrected chi connectivity index (χ3v) is 5.02. The second-order valence-electron chi connectivity index (χ2n) is 7.30. The number of aromatic nitrogens is 1. The van der Waals surface area contributed by atoms with Crippen LogP contribution in [0.25, 0.3) is 0 Å². The van der Waals surface area contributed by atoms with E-state index in [0.29, 0.717) is 18.4 Å². The largest absolute Gasteiger partial charge is 0.416 e. The van der Waals surface area contributed by atoms with Gasteiger partial charge in [0.2, 0.25) is 5.91 Å². The molecule has 1 aromatic heterocycles. The van der Waals surface area contributed by atoms with Crippen LogP contribution in [0.15, 0.2) is 41.4 Å². The molecule has 1 atom stereocenters. The number of likely N-dealkylation sites (N-methyl/N-ethyl adjacent to an activating group) is 1. The van der Waals surface area contributed by atoms with Crippen molar-refractivity contribution >= 4 is 29.4 Å². The summed E-state index contributed by atoms with van der Waals surface area (Å²) in [5.41, 5.74) is -1.67. The number of benzene rings is 1. The average molecular weight is 522 g/mol. The lowest BCUT2D eigenvalue weighted by Crippen LogP contribution is -2.35. The molecule has 1 aromatic carbocycles. The summed E-state index contributed by atoms with van der Waals surface area (Å²) in [6.45, 7) is -0.851. The van der Waals surface area contributed by atoms with Gasteiger partial charge in [0.15, 0.2) is 0 Å². The lowest BCUT2D eigenvalue weighted by molar-refractivity contribution is -0.143. The number of carbonyl (C=O) groups is 3. The molecule has 1 heterocycles. The van der Waals surface area contributed by atoms with E-state index in [4.69, 9.17) is 0 Å². The van der Waals surface area contributed by atoms with Gasteiger partial charge in [0, 0.05) is 25.4 Å². The third-order valence-electron chi connectivity index (χ3n) is 4.43. The fourth-order valence-electron chi connectivity index (χ4n) is 2.76. The molecule has 2 N–H and O–H groups in total. The molecule has 190 valence electrons. The Balaban J connectivity index is 1.97. The molecular weight excluding hydrogens is 502 g/mol. The van der Waals surface area contributed by atoms with Crippen molar-refractivity contribution in [1.82, 2.24) is 20.5 Å². The summed E-state index contributed by atoms with van der Waals surface area (Å²) in [6.07, 6.45) is -6.58. The quantitative estimate of drug-likeness (QED) is 0.368. The fraction of sp³-hybridized carbons (Fsp3) is 0.333. The Bertz CT molecular complexity index is 1020. The monoisotopic (exact) mass is 522 g/mol. The molecule has 0 fully saturated rings. The normalized spacial score (nSPS) is 12.9. The van der Waals surface area contributed by atoms with Crippen molar-refractivity contribution in [3.05, 3.63) is 63.7 Å². The first kappa shape index (κ1) is 27.8. The van der Waals surface area contributed by atoms with Gasteiger partial charge >= 0.3 is 12.4 Å². The molecule has 0 saturated heterocycles. The van der Waals surface area contributed by atoms with Crippen LogP contribution in [0.1, 0.15) is 33.6 Å². The Morgan fingerprint density at radius 1 is 1.11 bits per heavy atom. The number of alkyl halides is 6. The molecule has 0 aliphatic carbocycles. The minimum absolute atomic E-state index is 0.00681. The Morgan fingerprint density at radius 2 is 1.74 bits per heavy atom. The summed E-state index contributed by atoms with van der Waals surface area (Å²) < 4.78 is 77.7. The summed E-state index contributed by atoms with van der Waals surface area (Å²) in [5, 5.41) is 6.38. The molecule has 1 unspecified atom stereocenters. The second-order valence-corrected chi connectivity index (χ2v) is 8.02. The van der Waals surface area contributed by atoms with E-state index in [9.17, 15) is 40.7 Å². The van der Waals surface area contributed by atoms with Gasteiger partial charge in [-0.05, 0) is 36.0 Å². The smallest absolute Gasteiger partial charge is 0.371 e. The highest BCUT2D eigenvalue weighted by atomic mass is 32.1. The summed E-state index contributed by atoms with van der Waals surface area (Å²) in [5.74, 6) is -1.18. The highest BCUT2D eigenvalue weighted by Gasteiger charge is 2.36. The minimum Gasteiger partial charge on any atom is -0.371 e. The molecule has 0 bridgehead atoms. The fourth-order valence-corrected chi connectivity index (χ4v) is 3.30. The van der Waals surface area contributed by atoms with Crippen molar-refractivity contribution in [3.8, 4) is 0 Å². The zero-order chi connectivity index (χ0) is 26.2. The standard InChI is InChI=1S/C21H20F6N4O3S/c1-31(4-2-16(3-5-32)30-19(34)17-11-35-12-29-17)10-18(33)28-9-13-6-14(20(22,23)24)8-15(7-13)21(25,26)27/h2,4-8,11-12,16H,3,9-10H2,1H3,(H,28,33)(H,30,34)/b4-2-. The van der Waals surface area contributed by atoms with Crippen molar-refractivity contribution in [2.24, 2.45) is 0 Å². The van der Waals surface area contributed by atoms with Gasteiger partial charge in [-0.2, -0.15) is 26.3 Å². The van der Waals surface area contributed by atoms with Crippen LogP contribution in [-0.2, 0) is 28.5 Å². The van der Waals surface area contributed by atoms with Crippen LogP contribution in [0.5, 0.6) is 0 Å². The van der Waals surface area contributed by atoms with Gasteiger partial charge in [-0.15, -0.1) is 11.3 Å². The van der Waals surface area contributed by atoms with Gasteiger partial charge < -0.3 is 20.3 Å². The van der Waals surface area contributed by atoms with Gasteiger partial charge in [-0.1, -0.05) is 0 Å². The SMILES string of the molecule is CN(/C=C\C(CC=O)NC(=O)c1cscn1)CC(=O)NCc1cc(C(F)(F)F)cc(C(F)(F)F)c1. The molecule has 2 aromatic rings. The number of thiazole rings is 1. The molecule has 0 saturated carbocycles. The number of aldehydes is 1. The highest BCUT2D eigenvalue weighted by molar-refractivity contribution is 7.07. The first-order chi connectivity index (χ1) is 16.3. The number of rotatable bonds is 10. The minimum atomic E-state index is -4.99. The number of nitrogens with zero attached hydrogens (tertiary/aromatic N) is 2. The van der Waals surface area contributed by atoms with Crippen molar-refractivity contribution in [1.29, 1.82) is 0 Å². The van der Waals surface area contributed by atoms with Gasteiger partial charge in [-0.25, -0.2) is 4.98 Å². The molecular formula is C21H20F6N4O3S. The summed E-state index contributed by atoms with van der Waals surface area (Å²) in [7, 11) is 1.47. The van der Waals surface area contributed by atoms with Gasteiger partial charge in [0.05, 0.1) is 29.2 Å². The van der Waals surface area contributed by atoms with E-state index in [1.807, 2.05) is 0 Å². The lowest BCUT2D eigenvalue weighted by Gasteiger charge is -2.17. The predicted molar refractivity (Wildman–Crippen MR) is 114 cm³/mol. The zero-order valence-corrected chi connectivity index (χ0v) is 18.9. The number of amides is 2. The van der Waals surface area contributed by atoms with E-state index < -0.39 is 47.9 Å². The van der Waals surface area contributed by atoms with Crippen LogP contribution in [0.3, 0.4) is 0 Å². The van der Waals surface area contributed by atoms with Crippen LogP contribution in [0, 0.1) is 0 Å². The van der Waals surface area contributed by atoms with Crippen LogP contribution < -0.4 is 10.6 Å². The van der Waals surface area contributed by atoms with Crippen molar-refractivity contribution < 1.29 is 40.7 Å². The molecule has 2 amide bonds. The van der Waals surface area contributed by atoms with Crippen molar-refractivity contribution in [2.75, 3.05) is 13.6 Å². The Kier molecular flexibility index (Phi) is 9.40. The number of halogens is 6. The highest BCUT2D eigenvalue weighted by Crippen LogP contribution is 2.36. The van der Waals surface area contributed by atoms with Crippen LogP contribution >= 0.6 is 11.3 Å². The third kappa shape index (κ3) is 9.03. The lowest BCUT2D eigenvalue weighted by atomic mass is 10.0. The molecule has 35 heavy (non-hydrogen) atoms. The molecule has 0 aliphatic heterocycles. The molecule has 7 nitrogen and oxygen atoms in total. The van der Waals surface area contributed by atoms with E-state index in [0.717, 1.165) is 0 Å². The van der Waals surface area contributed by atoms with Crippen LogP contribution in [0.2, 0.25) is 0 Å². The summed E-state index contributed by atoms with van der Waals surface area (Å²) in [4.78, 5) is 40.3. The van der Waals surface area contributed by atoms with Gasteiger partial charge in [0.25, 0.3) is 5.91 Å². The number of carbonyl (C=O) groups excluding carboxylic acids is 3. The van der Waals surface area contributed by atoms with E-state index in [1.165, 1.54) is 46.5 Å². The maximum absolute atomic E-state index is 13.0. The molecule has 2 rings (SSSR count). The van der Waals surface area contributed by atoms with Crippen LogP contribution in [-0.4, -0.2) is 47.6 Å². The van der Waals surface area contributed by atoms with Gasteiger partial charge in [0.1, 0.15) is 12.0 Å². The van der Waals surface area contributed by atoms with E-state index >= 15 is 0 Å². The van der Waals surface area contributed by atoms with Crippen molar-refractivity contribution in [3.63, 3.8) is 0 Å². The molecule has 0 radical (unpaired) electrons. The zero-order valence-electron chi connectivity index (χ0n) is 18.1. The first-order valence-electron chi connectivity index (χ1n) is 9.86. The van der Waals surface area contributed by atoms with Crippen molar-refractivity contribution in [2.45, 2.75) is 31.4 Å². The Hall–Kier alpha value is -3.42. The molecule has 0 aliphatic rings. The molecule has 14 heteroatoms. The van der Waals surface area contributed by atoms with Crippen LogP contribution in [0.4, 0.5) is 26.3 Å². The average Bonchev–Trinajstić information content (AvgIpc) is 3.30.